The Labute approximate surface area is 172 Å². The summed E-state index contributed by atoms with van der Waals surface area (Å²) in [6, 6.07) is 26.6. The van der Waals surface area contributed by atoms with Crippen LogP contribution in [-0.4, -0.2) is 11.2 Å². The number of rotatable bonds is 6. The molecule has 0 radical (unpaired) electrons. The molecular formula is C24H26N2OS. The number of hydrogen-bond acceptors (Lipinski definition) is 2. The first-order valence-electron chi connectivity index (χ1n) is 9.47. The average Bonchev–Trinajstić information content (AvgIpc) is 2.67. The molecule has 0 fully saturated rings. The zero-order valence-electron chi connectivity index (χ0n) is 16.5. The SMILES string of the molecule is Cc1ccc(C(NC(=S)Nc2cccc(OC(C)C)c2)c2ccccc2)cc1. The molecule has 3 aromatic carbocycles. The molecule has 0 saturated heterocycles. The smallest absolute Gasteiger partial charge is 0.171 e. The summed E-state index contributed by atoms with van der Waals surface area (Å²) in [6.07, 6.45) is 0.129. The second kappa shape index (κ2) is 9.38. The standard InChI is InChI=1S/C24H26N2OS/c1-17(2)27-22-11-7-10-21(16-22)25-24(28)26-23(19-8-5-4-6-9-19)20-14-12-18(3)13-15-20/h4-17,23H,1-3H3,(H2,25,26,28). The largest absolute Gasteiger partial charge is 0.491 e. The van der Waals surface area contributed by atoms with Gasteiger partial charge < -0.3 is 15.4 Å². The van der Waals surface area contributed by atoms with Gasteiger partial charge in [0.05, 0.1) is 12.1 Å². The van der Waals surface area contributed by atoms with E-state index in [9.17, 15) is 0 Å². The van der Waals surface area contributed by atoms with Crippen LogP contribution in [0.1, 0.15) is 36.6 Å². The van der Waals surface area contributed by atoms with Gasteiger partial charge in [0.2, 0.25) is 0 Å². The number of ether oxygens (including phenoxy) is 1. The lowest BCUT2D eigenvalue weighted by molar-refractivity contribution is 0.242. The Morgan fingerprint density at radius 3 is 2.21 bits per heavy atom. The molecule has 0 saturated carbocycles. The lowest BCUT2D eigenvalue weighted by Gasteiger charge is -2.22. The van der Waals surface area contributed by atoms with Crippen LogP contribution in [0, 0.1) is 6.92 Å². The van der Waals surface area contributed by atoms with Gasteiger partial charge in [0, 0.05) is 11.8 Å². The maximum Gasteiger partial charge on any atom is 0.171 e. The van der Waals surface area contributed by atoms with Crippen LogP contribution in [0.3, 0.4) is 0 Å². The molecule has 0 aliphatic carbocycles. The van der Waals surface area contributed by atoms with Gasteiger partial charge in [0.15, 0.2) is 5.11 Å². The van der Waals surface area contributed by atoms with Crippen LogP contribution in [0.25, 0.3) is 0 Å². The van der Waals surface area contributed by atoms with Crippen molar-refractivity contribution in [2.24, 2.45) is 0 Å². The van der Waals surface area contributed by atoms with Crippen molar-refractivity contribution in [3.63, 3.8) is 0 Å². The molecule has 0 amide bonds. The summed E-state index contributed by atoms with van der Waals surface area (Å²) in [5.41, 5.74) is 4.45. The first-order chi connectivity index (χ1) is 13.5. The number of hydrogen-bond donors (Lipinski definition) is 2. The minimum absolute atomic E-state index is 0.0307. The van der Waals surface area contributed by atoms with Gasteiger partial charge in [-0.25, -0.2) is 0 Å². The molecule has 1 atom stereocenters. The second-order valence-corrected chi connectivity index (χ2v) is 7.46. The van der Waals surface area contributed by atoms with Crippen molar-refractivity contribution in [1.82, 2.24) is 5.32 Å². The Morgan fingerprint density at radius 2 is 1.54 bits per heavy atom. The summed E-state index contributed by atoms with van der Waals surface area (Å²) < 4.78 is 5.76. The van der Waals surface area contributed by atoms with E-state index in [0.717, 1.165) is 22.6 Å². The molecule has 0 spiro atoms. The van der Waals surface area contributed by atoms with Gasteiger partial charge >= 0.3 is 0 Å². The first kappa shape index (κ1) is 19.9. The van der Waals surface area contributed by atoms with Crippen LogP contribution in [0.2, 0.25) is 0 Å². The molecule has 3 nitrogen and oxygen atoms in total. The maximum absolute atomic E-state index is 5.76. The van der Waals surface area contributed by atoms with Gasteiger partial charge in [-0.3, -0.25) is 0 Å². The number of thiocarbonyl (C=S) groups is 1. The third-order valence-corrected chi connectivity index (χ3v) is 4.50. The monoisotopic (exact) mass is 390 g/mol. The van der Waals surface area contributed by atoms with Gasteiger partial charge in [0.1, 0.15) is 5.75 Å². The third kappa shape index (κ3) is 5.57. The molecule has 2 N–H and O–H groups in total. The molecule has 3 aromatic rings. The number of nitrogens with one attached hydrogen (secondary N) is 2. The molecular weight excluding hydrogens is 364 g/mol. The van der Waals surface area contributed by atoms with E-state index < -0.39 is 0 Å². The summed E-state index contributed by atoms with van der Waals surface area (Å²) in [6.45, 7) is 6.11. The van der Waals surface area contributed by atoms with Crippen LogP contribution in [-0.2, 0) is 0 Å². The molecule has 3 rings (SSSR count). The van der Waals surface area contributed by atoms with Crippen molar-refractivity contribution < 1.29 is 4.74 Å². The van der Waals surface area contributed by atoms with E-state index in [-0.39, 0.29) is 12.1 Å². The van der Waals surface area contributed by atoms with Crippen LogP contribution in [0.5, 0.6) is 5.75 Å². The fraction of sp³-hybridized carbons (Fsp3) is 0.208. The Morgan fingerprint density at radius 1 is 0.857 bits per heavy atom. The molecule has 4 heteroatoms. The topological polar surface area (TPSA) is 33.3 Å². The molecule has 144 valence electrons. The normalized spacial score (nSPS) is 11.7. The van der Waals surface area contributed by atoms with E-state index in [4.69, 9.17) is 17.0 Å². The number of aryl methyl sites for hydroxylation is 1. The van der Waals surface area contributed by atoms with E-state index in [1.165, 1.54) is 5.56 Å². The minimum atomic E-state index is -0.0307. The lowest BCUT2D eigenvalue weighted by atomic mass is 9.98. The molecule has 28 heavy (non-hydrogen) atoms. The molecule has 0 aromatic heterocycles. The zero-order valence-corrected chi connectivity index (χ0v) is 17.3. The minimum Gasteiger partial charge on any atom is -0.491 e. The Kier molecular flexibility index (Phi) is 6.66. The Balaban J connectivity index is 1.77. The highest BCUT2D eigenvalue weighted by Gasteiger charge is 2.15. The van der Waals surface area contributed by atoms with Crippen LogP contribution < -0.4 is 15.4 Å². The Bertz CT molecular complexity index is 907. The summed E-state index contributed by atoms with van der Waals surface area (Å²) in [5.74, 6) is 0.820. The molecule has 0 aliphatic heterocycles. The second-order valence-electron chi connectivity index (χ2n) is 7.05. The van der Waals surface area contributed by atoms with Crippen molar-refractivity contribution >= 4 is 23.0 Å². The van der Waals surface area contributed by atoms with Gasteiger partial charge in [-0.2, -0.15) is 0 Å². The van der Waals surface area contributed by atoms with Gasteiger partial charge in [-0.15, -0.1) is 0 Å². The van der Waals surface area contributed by atoms with Crippen LogP contribution >= 0.6 is 12.2 Å². The number of benzene rings is 3. The van der Waals surface area contributed by atoms with Crippen molar-refractivity contribution in [3.05, 3.63) is 95.6 Å². The van der Waals surface area contributed by atoms with Crippen molar-refractivity contribution in [1.29, 1.82) is 0 Å². The van der Waals surface area contributed by atoms with E-state index in [1.54, 1.807) is 0 Å². The fourth-order valence-electron chi connectivity index (χ4n) is 2.98. The zero-order chi connectivity index (χ0) is 19.9. The predicted molar refractivity (Wildman–Crippen MR) is 121 cm³/mol. The quantitative estimate of drug-likeness (QED) is 0.517. The van der Waals surface area contributed by atoms with Crippen LogP contribution in [0.15, 0.2) is 78.9 Å². The van der Waals surface area contributed by atoms with Gasteiger partial charge in [-0.1, -0.05) is 66.2 Å². The van der Waals surface area contributed by atoms with Crippen molar-refractivity contribution in [2.75, 3.05) is 5.32 Å². The Hall–Kier alpha value is -2.85. The number of anilines is 1. The highest BCUT2D eigenvalue weighted by Crippen LogP contribution is 2.23. The molecule has 0 aliphatic rings. The van der Waals surface area contributed by atoms with Crippen LogP contribution in [0.4, 0.5) is 5.69 Å². The van der Waals surface area contributed by atoms with Crippen molar-refractivity contribution in [2.45, 2.75) is 32.9 Å². The van der Waals surface area contributed by atoms with E-state index in [1.807, 2.05) is 56.3 Å². The van der Waals surface area contributed by atoms with Gasteiger partial charge in [0.25, 0.3) is 0 Å². The summed E-state index contributed by atoms with van der Waals surface area (Å²) in [7, 11) is 0. The fourth-order valence-corrected chi connectivity index (χ4v) is 3.22. The highest BCUT2D eigenvalue weighted by molar-refractivity contribution is 7.80. The molecule has 1 unspecified atom stereocenters. The van der Waals surface area contributed by atoms with Crippen molar-refractivity contribution in [3.8, 4) is 5.75 Å². The average molecular weight is 391 g/mol. The maximum atomic E-state index is 5.76. The summed E-state index contributed by atoms with van der Waals surface area (Å²) in [4.78, 5) is 0. The predicted octanol–water partition coefficient (Wildman–Crippen LogP) is 5.86. The molecule has 0 bridgehead atoms. The lowest BCUT2D eigenvalue weighted by Crippen LogP contribution is -2.33. The summed E-state index contributed by atoms with van der Waals surface area (Å²) >= 11 is 5.61. The van der Waals surface area contributed by atoms with E-state index >= 15 is 0 Å². The summed E-state index contributed by atoms with van der Waals surface area (Å²) in [5, 5.41) is 7.30. The van der Waals surface area contributed by atoms with E-state index in [2.05, 4.69) is 54.0 Å². The van der Waals surface area contributed by atoms with E-state index in [0.29, 0.717) is 5.11 Å². The first-order valence-corrected chi connectivity index (χ1v) is 9.88. The third-order valence-electron chi connectivity index (χ3n) is 4.28. The van der Waals surface area contributed by atoms with Gasteiger partial charge in [-0.05, 0) is 56.2 Å². The highest BCUT2D eigenvalue weighted by atomic mass is 32.1. The molecule has 0 heterocycles.